The van der Waals surface area contributed by atoms with Gasteiger partial charge in [0.2, 0.25) is 0 Å². The zero-order chi connectivity index (χ0) is 20.5. The normalized spacial score (nSPS) is 27.9. The lowest BCUT2D eigenvalue weighted by molar-refractivity contribution is -0.136. The van der Waals surface area contributed by atoms with E-state index < -0.39 is 17.7 Å². The maximum absolute atomic E-state index is 13.1. The fraction of sp³-hybridized carbons (Fsp3) is 0.619. The topological polar surface area (TPSA) is 78.9 Å². The van der Waals surface area contributed by atoms with Crippen molar-refractivity contribution in [2.24, 2.45) is 11.3 Å². The number of aliphatic hydroxyl groups excluding tert-OH is 1. The maximum Gasteiger partial charge on any atom is 0.325 e. The van der Waals surface area contributed by atoms with Gasteiger partial charge in [-0.2, -0.15) is 0 Å². The molecule has 1 aliphatic heterocycles. The molecule has 2 fully saturated rings. The summed E-state index contributed by atoms with van der Waals surface area (Å²) in [5.74, 6) is 0.110. The number of carbonyl (C=O) groups is 2. The van der Waals surface area contributed by atoms with Gasteiger partial charge >= 0.3 is 6.03 Å². The van der Waals surface area contributed by atoms with Crippen LogP contribution in [0, 0.1) is 11.3 Å². The molecule has 1 aliphatic carbocycles. The second-order valence-electron chi connectivity index (χ2n) is 9.04. The quantitative estimate of drug-likeness (QED) is 0.707. The highest BCUT2D eigenvalue weighted by Crippen LogP contribution is 2.46. The van der Waals surface area contributed by atoms with Crippen LogP contribution in [0.25, 0.3) is 0 Å². The largest absolute Gasteiger partial charge is 0.389 e. The first-order chi connectivity index (χ1) is 13.1. The molecular weight excluding hydrogens is 380 g/mol. The average molecular weight is 409 g/mol. The molecule has 0 bridgehead atoms. The number of amides is 3. The van der Waals surface area contributed by atoms with Gasteiger partial charge in [-0.05, 0) is 42.2 Å². The van der Waals surface area contributed by atoms with E-state index in [-0.39, 0.29) is 31.1 Å². The Kier molecular flexibility index (Phi) is 6.03. The van der Waals surface area contributed by atoms with Crippen LogP contribution in [-0.2, 0) is 16.1 Å². The summed E-state index contributed by atoms with van der Waals surface area (Å²) in [5.41, 5.74) is -0.0484. The van der Waals surface area contributed by atoms with Crippen molar-refractivity contribution in [3.63, 3.8) is 0 Å². The number of benzene rings is 1. The Morgan fingerprint density at radius 3 is 2.71 bits per heavy atom. The molecule has 0 aromatic heterocycles. The molecule has 3 atom stereocenters. The molecule has 1 spiro atoms. The molecule has 1 aromatic carbocycles. The third kappa shape index (κ3) is 4.50. The van der Waals surface area contributed by atoms with Crippen LogP contribution in [0.2, 0.25) is 5.02 Å². The average Bonchev–Trinajstić information content (AvgIpc) is 2.78. The van der Waals surface area contributed by atoms with E-state index in [4.69, 9.17) is 16.3 Å². The van der Waals surface area contributed by atoms with E-state index in [0.29, 0.717) is 23.8 Å². The zero-order valence-electron chi connectivity index (χ0n) is 16.7. The second kappa shape index (κ2) is 8.01. The highest BCUT2D eigenvalue weighted by atomic mass is 35.5. The third-order valence-electron chi connectivity index (χ3n) is 5.54. The second-order valence-corrected chi connectivity index (χ2v) is 9.45. The first kappa shape index (κ1) is 21.1. The number of ether oxygens (including phenoxy) is 1. The standard InChI is InChI=1S/C21H29ClN2O4/c1-14-8-20(2,3)13-21(9-14)18(26)24(19(27)23-21)10-16(25)12-28-11-15-6-4-5-7-17(15)22/h4-7,14,16,25H,8-13H2,1-3H3,(H,23,27)/t14-,16-,21-/m1/s1. The molecule has 7 heteroatoms. The van der Waals surface area contributed by atoms with Gasteiger partial charge < -0.3 is 15.2 Å². The summed E-state index contributed by atoms with van der Waals surface area (Å²) in [7, 11) is 0. The number of imide groups is 1. The molecule has 0 unspecified atom stereocenters. The van der Waals surface area contributed by atoms with E-state index in [1.165, 1.54) is 0 Å². The number of nitrogens with zero attached hydrogens (tertiary/aromatic N) is 1. The van der Waals surface area contributed by atoms with Gasteiger partial charge in [0.1, 0.15) is 5.54 Å². The first-order valence-corrected chi connectivity index (χ1v) is 10.1. The predicted octanol–water partition coefficient (Wildman–Crippen LogP) is 3.35. The minimum atomic E-state index is -0.957. The Balaban J connectivity index is 1.57. The molecule has 1 heterocycles. The van der Waals surface area contributed by atoms with Crippen LogP contribution in [0.3, 0.4) is 0 Å². The molecule has 3 amide bonds. The summed E-state index contributed by atoms with van der Waals surface area (Å²) in [6, 6.07) is 6.89. The van der Waals surface area contributed by atoms with Crippen LogP contribution >= 0.6 is 11.6 Å². The first-order valence-electron chi connectivity index (χ1n) is 9.75. The lowest BCUT2D eigenvalue weighted by Gasteiger charge is -2.43. The van der Waals surface area contributed by atoms with Crippen molar-refractivity contribution in [3.05, 3.63) is 34.9 Å². The number of halogens is 1. The fourth-order valence-electron chi connectivity index (χ4n) is 4.86. The Labute approximate surface area is 171 Å². The van der Waals surface area contributed by atoms with Crippen molar-refractivity contribution in [3.8, 4) is 0 Å². The monoisotopic (exact) mass is 408 g/mol. The number of nitrogens with one attached hydrogen (secondary N) is 1. The molecule has 1 saturated carbocycles. The van der Waals surface area contributed by atoms with Crippen LogP contribution in [0.1, 0.15) is 45.6 Å². The molecule has 6 nitrogen and oxygen atoms in total. The molecule has 1 saturated heterocycles. The van der Waals surface area contributed by atoms with Gasteiger partial charge in [-0.1, -0.05) is 50.6 Å². The zero-order valence-corrected chi connectivity index (χ0v) is 17.5. The van der Waals surface area contributed by atoms with Crippen molar-refractivity contribution < 1.29 is 19.4 Å². The number of hydrogen-bond acceptors (Lipinski definition) is 4. The van der Waals surface area contributed by atoms with Gasteiger partial charge in [0, 0.05) is 5.02 Å². The van der Waals surface area contributed by atoms with E-state index in [1.54, 1.807) is 6.07 Å². The van der Waals surface area contributed by atoms with Crippen LogP contribution < -0.4 is 5.32 Å². The lowest BCUT2D eigenvalue weighted by atomic mass is 9.64. The van der Waals surface area contributed by atoms with Crippen LogP contribution in [0.4, 0.5) is 4.79 Å². The third-order valence-corrected chi connectivity index (χ3v) is 5.91. The van der Waals surface area contributed by atoms with Crippen LogP contribution in [0.5, 0.6) is 0 Å². The van der Waals surface area contributed by atoms with E-state index in [2.05, 4.69) is 26.1 Å². The number of hydrogen-bond donors (Lipinski definition) is 2. The van der Waals surface area contributed by atoms with Crippen molar-refractivity contribution in [2.45, 2.75) is 58.3 Å². The minimum Gasteiger partial charge on any atom is -0.389 e. The summed E-state index contributed by atoms with van der Waals surface area (Å²) in [6.45, 7) is 6.56. The van der Waals surface area contributed by atoms with Gasteiger partial charge in [0.05, 0.1) is 25.9 Å². The number of β-amino-alcohol motifs (C(OH)–C–C–N with tert-alkyl or cyclic N) is 1. The van der Waals surface area contributed by atoms with E-state index in [0.717, 1.165) is 16.9 Å². The molecule has 3 rings (SSSR count). The molecular formula is C21H29ClN2O4. The summed E-state index contributed by atoms with van der Waals surface area (Å²) in [5, 5.41) is 13.8. The van der Waals surface area contributed by atoms with Crippen molar-refractivity contribution in [1.82, 2.24) is 10.2 Å². The maximum atomic E-state index is 13.1. The van der Waals surface area contributed by atoms with Crippen LogP contribution in [-0.4, -0.2) is 46.7 Å². The Morgan fingerprint density at radius 2 is 2.04 bits per heavy atom. The Morgan fingerprint density at radius 1 is 1.32 bits per heavy atom. The van der Waals surface area contributed by atoms with E-state index in [9.17, 15) is 14.7 Å². The fourth-order valence-corrected chi connectivity index (χ4v) is 5.05. The van der Waals surface area contributed by atoms with Crippen molar-refractivity contribution in [2.75, 3.05) is 13.2 Å². The highest BCUT2D eigenvalue weighted by Gasteiger charge is 2.56. The van der Waals surface area contributed by atoms with Crippen molar-refractivity contribution in [1.29, 1.82) is 0 Å². The number of aliphatic hydroxyl groups is 1. The Bertz CT molecular complexity index is 754. The number of carbonyl (C=O) groups excluding carboxylic acids is 2. The van der Waals surface area contributed by atoms with Crippen molar-refractivity contribution >= 4 is 23.5 Å². The minimum absolute atomic E-state index is 0.0111. The summed E-state index contributed by atoms with van der Waals surface area (Å²) in [4.78, 5) is 26.7. The summed E-state index contributed by atoms with van der Waals surface area (Å²) >= 11 is 6.08. The number of rotatable bonds is 6. The van der Waals surface area contributed by atoms with Gasteiger partial charge in [0.15, 0.2) is 0 Å². The smallest absolute Gasteiger partial charge is 0.325 e. The van der Waals surface area contributed by atoms with Gasteiger partial charge in [-0.15, -0.1) is 0 Å². The predicted molar refractivity (Wildman–Crippen MR) is 107 cm³/mol. The molecule has 28 heavy (non-hydrogen) atoms. The highest BCUT2D eigenvalue weighted by molar-refractivity contribution is 6.31. The molecule has 1 aromatic rings. The van der Waals surface area contributed by atoms with Crippen LogP contribution in [0.15, 0.2) is 24.3 Å². The van der Waals surface area contributed by atoms with Gasteiger partial charge in [-0.3, -0.25) is 9.69 Å². The summed E-state index contributed by atoms with van der Waals surface area (Å²) in [6.07, 6.45) is 1.32. The summed E-state index contributed by atoms with van der Waals surface area (Å²) < 4.78 is 5.53. The molecule has 2 aliphatic rings. The van der Waals surface area contributed by atoms with Gasteiger partial charge in [-0.25, -0.2) is 4.79 Å². The lowest BCUT2D eigenvalue weighted by Crippen LogP contribution is -2.54. The van der Waals surface area contributed by atoms with Gasteiger partial charge in [0.25, 0.3) is 5.91 Å². The molecule has 154 valence electrons. The molecule has 2 N–H and O–H groups in total. The number of urea groups is 1. The SMILES string of the molecule is C[C@@H]1CC(C)(C)C[C@@]2(C1)NC(=O)N(C[C@@H](O)COCc1ccccc1Cl)C2=O. The molecule has 0 radical (unpaired) electrons. The van der Waals surface area contributed by atoms with E-state index in [1.807, 2.05) is 18.2 Å². The Hall–Kier alpha value is -1.63. The van der Waals surface area contributed by atoms with E-state index >= 15 is 0 Å².